The number of amides is 1. The van der Waals surface area contributed by atoms with Gasteiger partial charge in [0, 0.05) is 22.4 Å². The fourth-order valence-electron chi connectivity index (χ4n) is 3.49. The minimum Gasteiger partial charge on any atom is -0.323 e. The fraction of sp³-hybridized carbons (Fsp3) is 0.286. The Balaban J connectivity index is 1.52. The molecule has 30 heavy (non-hydrogen) atoms. The maximum absolute atomic E-state index is 12.5. The average Bonchev–Trinajstić information content (AvgIpc) is 3.33. The van der Waals surface area contributed by atoms with Crippen molar-refractivity contribution in [1.29, 1.82) is 0 Å². The van der Waals surface area contributed by atoms with Crippen LogP contribution in [-0.4, -0.2) is 26.4 Å². The molecule has 1 aliphatic rings. The SMILES string of the molecule is C=CCn1c(SCC(=O)Nc2c(Cl)cccc2Cl)nnc1-c1csc2c1CCCC2. The van der Waals surface area contributed by atoms with Crippen LogP contribution in [0.3, 0.4) is 0 Å². The van der Waals surface area contributed by atoms with Crippen molar-refractivity contribution < 1.29 is 4.79 Å². The Labute approximate surface area is 193 Å². The third kappa shape index (κ3) is 4.44. The summed E-state index contributed by atoms with van der Waals surface area (Å²) in [5, 5.41) is 15.3. The summed E-state index contributed by atoms with van der Waals surface area (Å²) in [5.74, 6) is 0.794. The number of anilines is 1. The normalized spacial score (nSPS) is 13.1. The van der Waals surface area contributed by atoms with Crippen molar-refractivity contribution in [3.8, 4) is 11.4 Å². The van der Waals surface area contributed by atoms with Crippen LogP contribution < -0.4 is 5.32 Å². The summed E-state index contributed by atoms with van der Waals surface area (Å²) < 4.78 is 2.02. The molecule has 0 saturated carbocycles. The van der Waals surface area contributed by atoms with E-state index in [4.69, 9.17) is 23.2 Å². The molecular formula is C21H20Cl2N4OS2. The molecule has 0 atom stereocenters. The molecule has 0 unspecified atom stereocenters. The molecule has 0 spiro atoms. The summed E-state index contributed by atoms with van der Waals surface area (Å²) >= 11 is 15.4. The van der Waals surface area contributed by atoms with E-state index in [1.54, 1.807) is 29.5 Å². The molecule has 2 heterocycles. The zero-order valence-corrected chi connectivity index (χ0v) is 19.3. The lowest BCUT2D eigenvalue weighted by molar-refractivity contribution is -0.113. The smallest absolute Gasteiger partial charge is 0.234 e. The quantitative estimate of drug-likeness (QED) is 0.328. The van der Waals surface area contributed by atoms with Gasteiger partial charge in [-0.25, -0.2) is 0 Å². The van der Waals surface area contributed by atoms with Crippen LogP contribution in [0.15, 0.2) is 41.4 Å². The minimum absolute atomic E-state index is 0.165. The van der Waals surface area contributed by atoms with E-state index in [2.05, 4.69) is 27.5 Å². The highest BCUT2D eigenvalue weighted by Crippen LogP contribution is 2.37. The van der Waals surface area contributed by atoms with E-state index < -0.39 is 0 Å². The molecule has 9 heteroatoms. The van der Waals surface area contributed by atoms with Gasteiger partial charge >= 0.3 is 0 Å². The van der Waals surface area contributed by atoms with Crippen molar-refractivity contribution in [3.63, 3.8) is 0 Å². The predicted molar refractivity (Wildman–Crippen MR) is 126 cm³/mol. The molecule has 1 N–H and O–H groups in total. The molecule has 4 rings (SSSR count). The van der Waals surface area contributed by atoms with Crippen molar-refractivity contribution in [3.05, 3.63) is 56.7 Å². The predicted octanol–water partition coefficient (Wildman–Crippen LogP) is 6.11. The number of fused-ring (bicyclic) bond motifs is 1. The second-order valence-corrected chi connectivity index (χ2v) is 9.62. The number of benzene rings is 1. The minimum atomic E-state index is -0.211. The summed E-state index contributed by atoms with van der Waals surface area (Å²) in [4.78, 5) is 13.9. The first kappa shape index (κ1) is 21.4. The highest BCUT2D eigenvalue weighted by atomic mass is 35.5. The van der Waals surface area contributed by atoms with E-state index in [1.165, 1.54) is 35.0 Å². The Morgan fingerprint density at radius 3 is 2.80 bits per heavy atom. The molecular weight excluding hydrogens is 459 g/mol. The number of thioether (sulfide) groups is 1. The van der Waals surface area contributed by atoms with Gasteiger partial charge in [0.2, 0.25) is 5.91 Å². The Hall–Kier alpha value is -1.80. The van der Waals surface area contributed by atoms with Gasteiger partial charge < -0.3 is 5.32 Å². The summed E-state index contributed by atoms with van der Waals surface area (Å²) in [6.07, 6.45) is 6.50. The van der Waals surface area contributed by atoms with Crippen molar-refractivity contribution >= 4 is 57.9 Å². The topological polar surface area (TPSA) is 59.8 Å². The first-order valence-corrected chi connectivity index (χ1v) is 12.2. The number of rotatable bonds is 7. The molecule has 0 aliphatic heterocycles. The third-order valence-electron chi connectivity index (χ3n) is 4.89. The molecule has 2 aromatic heterocycles. The number of nitrogens with zero attached hydrogens (tertiary/aromatic N) is 3. The van der Waals surface area contributed by atoms with E-state index >= 15 is 0 Å². The number of para-hydroxylation sites is 1. The number of aromatic nitrogens is 3. The lowest BCUT2D eigenvalue weighted by Crippen LogP contribution is -2.15. The summed E-state index contributed by atoms with van der Waals surface area (Å²) in [5.41, 5.74) is 2.97. The van der Waals surface area contributed by atoms with Crippen molar-refractivity contribution in [1.82, 2.24) is 14.8 Å². The van der Waals surface area contributed by atoms with Gasteiger partial charge in [-0.05, 0) is 43.4 Å². The van der Waals surface area contributed by atoms with Gasteiger partial charge in [0.25, 0.3) is 0 Å². The number of nitrogens with one attached hydrogen (secondary N) is 1. The molecule has 5 nitrogen and oxygen atoms in total. The van der Waals surface area contributed by atoms with Gasteiger partial charge in [0.05, 0.1) is 21.5 Å². The number of carbonyl (C=O) groups is 1. The maximum Gasteiger partial charge on any atom is 0.234 e. The Kier molecular flexibility index (Phi) is 6.83. The molecule has 3 aromatic rings. The average molecular weight is 479 g/mol. The van der Waals surface area contributed by atoms with Crippen molar-refractivity contribution in [2.75, 3.05) is 11.1 Å². The lowest BCUT2D eigenvalue weighted by atomic mass is 9.95. The standard InChI is InChI=1S/C21H20Cl2N4OS2/c1-2-10-27-20(14-11-29-17-9-4-3-6-13(14)17)25-26-21(27)30-12-18(28)24-19-15(22)7-5-8-16(19)23/h2,5,7-8,11H,1,3-4,6,9-10,12H2,(H,24,28). The van der Waals surface area contributed by atoms with E-state index in [0.29, 0.717) is 27.4 Å². The van der Waals surface area contributed by atoms with Gasteiger partial charge in [0.15, 0.2) is 11.0 Å². The van der Waals surface area contributed by atoms with Crippen LogP contribution in [0.1, 0.15) is 23.3 Å². The largest absolute Gasteiger partial charge is 0.323 e. The number of halogens is 2. The second kappa shape index (κ2) is 9.56. The molecule has 0 radical (unpaired) electrons. The van der Waals surface area contributed by atoms with Gasteiger partial charge in [-0.3, -0.25) is 9.36 Å². The third-order valence-corrected chi connectivity index (χ3v) is 7.58. The highest BCUT2D eigenvalue weighted by Gasteiger charge is 2.22. The van der Waals surface area contributed by atoms with Crippen LogP contribution in [-0.2, 0) is 24.2 Å². The molecule has 1 amide bonds. The molecule has 0 saturated heterocycles. The lowest BCUT2D eigenvalue weighted by Gasteiger charge is -2.13. The first-order chi connectivity index (χ1) is 14.6. The fourth-order valence-corrected chi connectivity index (χ4v) is 5.86. The second-order valence-electron chi connectivity index (χ2n) is 6.90. The Morgan fingerprint density at radius 1 is 1.27 bits per heavy atom. The molecule has 0 fully saturated rings. The van der Waals surface area contributed by atoms with Crippen LogP contribution in [0.2, 0.25) is 10.0 Å². The Bertz CT molecular complexity index is 1070. The molecule has 156 valence electrons. The number of hydrogen-bond acceptors (Lipinski definition) is 5. The number of allylic oxidation sites excluding steroid dienone is 1. The van der Waals surface area contributed by atoms with Crippen LogP contribution in [0, 0.1) is 0 Å². The van der Waals surface area contributed by atoms with Gasteiger partial charge in [0.1, 0.15) is 0 Å². The van der Waals surface area contributed by atoms with Crippen LogP contribution in [0.25, 0.3) is 11.4 Å². The van der Waals surface area contributed by atoms with E-state index in [9.17, 15) is 4.79 Å². The van der Waals surface area contributed by atoms with Crippen molar-refractivity contribution in [2.45, 2.75) is 37.4 Å². The summed E-state index contributed by atoms with van der Waals surface area (Å²) in [6, 6.07) is 5.10. The van der Waals surface area contributed by atoms with Crippen LogP contribution >= 0.6 is 46.3 Å². The first-order valence-electron chi connectivity index (χ1n) is 9.59. The van der Waals surface area contributed by atoms with E-state index in [0.717, 1.165) is 24.2 Å². The van der Waals surface area contributed by atoms with E-state index in [1.807, 2.05) is 10.6 Å². The molecule has 1 aromatic carbocycles. The number of hydrogen-bond donors (Lipinski definition) is 1. The molecule has 0 bridgehead atoms. The highest BCUT2D eigenvalue weighted by molar-refractivity contribution is 7.99. The Morgan fingerprint density at radius 2 is 2.03 bits per heavy atom. The zero-order chi connectivity index (χ0) is 21.1. The van der Waals surface area contributed by atoms with Crippen LogP contribution in [0.5, 0.6) is 0 Å². The number of carbonyl (C=O) groups excluding carboxylic acids is 1. The maximum atomic E-state index is 12.5. The number of aryl methyl sites for hydroxylation is 1. The number of thiophene rings is 1. The van der Waals surface area contributed by atoms with Crippen LogP contribution in [0.4, 0.5) is 5.69 Å². The molecule has 1 aliphatic carbocycles. The van der Waals surface area contributed by atoms with Gasteiger partial charge in [-0.1, -0.05) is 47.1 Å². The van der Waals surface area contributed by atoms with Gasteiger partial charge in [-0.15, -0.1) is 28.1 Å². The van der Waals surface area contributed by atoms with E-state index in [-0.39, 0.29) is 11.7 Å². The van der Waals surface area contributed by atoms with Gasteiger partial charge in [-0.2, -0.15) is 0 Å². The zero-order valence-electron chi connectivity index (χ0n) is 16.2. The summed E-state index contributed by atoms with van der Waals surface area (Å²) in [6.45, 7) is 4.44. The summed E-state index contributed by atoms with van der Waals surface area (Å²) in [7, 11) is 0. The monoisotopic (exact) mass is 478 g/mol. The van der Waals surface area contributed by atoms with Crippen molar-refractivity contribution in [2.24, 2.45) is 0 Å².